The van der Waals surface area contributed by atoms with Crippen molar-refractivity contribution in [2.75, 3.05) is 12.8 Å². The van der Waals surface area contributed by atoms with Gasteiger partial charge in [-0.3, -0.25) is 9.59 Å². The average Bonchev–Trinajstić information content (AvgIpc) is 3.54. The van der Waals surface area contributed by atoms with Gasteiger partial charge in [-0.15, -0.1) is 0 Å². The Hall–Kier alpha value is -2.59. The number of carbonyl (C=O) groups excluding carboxylic acids is 2. The first-order valence-electron chi connectivity index (χ1n) is 10.7. The van der Waals surface area contributed by atoms with E-state index in [0.717, 1.165) is 23.3 Å². The Kier molecular flexibility index (Phi) is 6.65. The van der Waals surface area contributed by atoms with Gasteiger partial charge in [0.05, 0.1) is 22.5 Å². The van der Waals surface area contributed by atoms with E-state index in [1.54, 1.807) is 0 Å². The van der Waals surface area contributed by atoms with Crippen LogP contribution in [0.5, 0.6) is 0 Å². The van der Waals surface area contributed by atoms with Crippen molar-refractivity contribution < 1.29 is 31.2 Å². The zero-order valence-electron chi connectivity index (χ0n) is 18.1. The van der Waals surface area contributed by atoms with Gasteiger partial charge in [0.25, 0.3) is 5.91 Å². The molecule has 1 N–H and O–H groups in total. The number of rotatable bonds is 6. The van der Waals surface area contributed by atoms with E-state index in [0.29, 0.717) is 12.8 Å². The second kappa shape index (κ2) is 9.22. The predicted octanol–water partition coefficient (Wildman–Crippen LogP) is 3.84. The molecule has 1 saturated carbocycles. The van der Waals surface area contributed by atoms with Crippen molar-refractivity contribution in [1.29, 1.82) is 0 Å². The van der Waals surface area contributed by atoms with Crippen molar-refractivity contribution in [3.05, 3.63) is 64.2 Å². The number of hydrogen-bond acceptors (Lipinski definition) is 4. The average molecular weight is 515 g/mol. The molecule has 1 heterocycles. The summed E-state index contributed by atoms with van der Waals surface area (Å²) < 4.78 is 66.6. The summed E-state index contributed by atoms with van der Waals surface area (Å²) in [5.74, 6) is -3.12. The van der Waals surface area contributed by atoms with Crippen LogP contribution in [0.3, 0.4) is 0 Å². The zero-order chi connectivity index (χ0) is 24.8. The number of likely N-dealkylation sites (tertiary alicyclic amines) is 1. The largest absolute Gasteiger partial charge is 0.347 e. The summed E-state index contributed by atoms with van der Waals surface area (Å²) in [6.07, 6.45) is 0.634. The van der Waals surface area contributed by atoms with Gasteiger partial charge in [0.15, 0.2) is 9.84 Å². The predicted molar refractivity (Wildman–Crippen MR) is 119 cm³/mol. The van der Waals surface area contributed by atoms with Gasteiger partial charge in [-0.1, -0.05) is 17.7 Å². The maximum atomic E-state index is 14.5. The fraction of sp³-hybridized carbons (Fsp3) is 0.391. The first-order chi connectivity index (χ1) is 16.0. The quantitative estimate of drug-likeness (QED) is 0.594. The smallest absolute Gasteiger partial charge is 0.254 e. The van der Waals surface area contributed by atoms with Crippen molar-refractivity contribution in [2.45, 2.75) is 42.4 Å². The van der Waals surface area contributed by atoms with E-state index in [1.165, 1.54) is 24.3 Å². The molecule has 1 saturated heterocycles. The molecule has 0 bridgehead atoms. The molecular weight excluding hydrogens is 493 g/mol. The van der Waals surface area contributed by atoms with E-state index >= 15 is 0 Å². The first kappa shape index (κ1) is 24.5. The molecule has 0 spiro atoms. The summed E-state index contributed by atoms with van der Waals surface area (Å²) in [5, 5.41) is 2.29. The van der Waals surface area contributed by atoms with E-state index in [2.05, 4.69) is 5.32 Å². The molecule has 6 nitrogen and oxygen atoms in total. The molecular formula is C23H22ClF3N2O4S. The van der Waals surface area contributed by atoms with Crippen LogP contribution >= 0.6 is 11.6 Å². The highest BCUT2D eigenvalue weighted by Crippen LogP contribution is 2.42. The number of carbonyl (C=O) groups is 2. The summed E-state index contributed by atoms with van der Waals surface area (Å²) in [6.45, 7) is -0.349. The Morgan fingerprint density at radius 1 is 1.15 bits per heavy atom. The maximum absolute atomic E-state index is 14.5. The van der Waals surface area contributed by atoms with Crippen LogP contribution in [0.2, 0.25) is 5.02 Å². The molecule has 1 aliphatic heterocycles. The number of sulfone groups is 1. The van der Waals surface area contributed by atoms with Gasteiger partial charge in [0.1, 0.15) is 23.8 Å². The Labute approximate surface area is 200 Å². The van der Waals surface area contributed by atoms with E-state index in [1.807, 2.05) is 0 Å². The van der Waals surface area contributed by atoms with Crippen molar-refractivity contribution in [3.63, 3.8) is 0 Å². The molecule has 2 amide bonds. The standard InChI is InChI=1S/C23H22ClF3N2O4S/c1-34(32,33)15-4-2-3-13(7-15)23(31)29-11-14(25)8-20(29)22(30)28-21(12-5-6-12)16-9-19(27)17(24)10-18(16)26/h2-4,7,9-10,12,14,20-21H,5-6,8,11H2,1H3,(H,28,30)/t14-,20+,21?/m0/s1. The van der Waals surface area contributed by atoms with Crippen LogP contribution in [0.15, 0.2) is 41.3 Å². The van der Waals surface area contributed by atoms with Crippen LogP contribution in [0.1, 0.15) is 41.2 Å². The fourth-order valence-electron chi connectivity index (χ4n) is 4.19. The molecule has 2 fully saturated rings. The summed E-state index contributed by atoms with van der Waals surface area (Å²) in [6, 6.07) is 5.02. The van der Waals surface area contributed by atoms with Crippen molar-refractivity contribution in [3.8, 4) is 0 Å². The summed E-state index contributed by atoms with van der Waals surface area (Å²) >= 11 is 5.64. The van der Waals surface area contributed by atoms with Crippen LogP contribution in [-0.2, 0) is 14.6 Å². The van der Waals surface area contributed by atoms with Crippen LogP contribution < -0.4 is 5.32 Å². The molecule has 1 unspecified atom stereocenters. The Morgan fingerprint density at radius 3 is 2.50 bits per heavy atom. The Bertz CT molecular complexity index is 1250. The van der Waals surface area contributed by atoms with Crippen LogP contribution in [0.4, 0.5) is 13.2 Å². The molecule has 11 heteroatoms. The van der Waals surface area contributed by atoms with Gasteiger partial charge >= 0.3 is 0 Å². The monoisotopic (exact) mass is 514 g/mol. The number of hydrogen-bond donors (Lipinski definition) is 1. The summed E-state index contributed by atoms with van der Waals surface area (Å²) in [7, 11) is -3.58. The Morgan fingerprint density at radius 2 is 1.85 bits per heavy atom. The SMILES string of the molecule is CS(=O)(=O)c1cccc(C(=O)N2C[C@@H](F)C[C@@H]2C(=O)NC(c2cc(F)c(Cl)cc2F)C2CC2)c1. The number of nitrogens with one attached hydrogen (secondary N) is 1. The minimum absolute atomic E-state index is 0.000570. The highest BCUT2D eigenvalue weighted by molar-refractivity contribution is 7.90. The lowest BCUT2D eigenvalue weighted by atomic mass is 10.0. The van der Waals surface area contributed by atoms with Crippen LogP contribution in [0.25, 0.3) is 0 Å². The third-order valence-corrected chi connectivity index (χ3v) is 7.49. The minimum atomic E-state index is -3.58. The van der Waals surface area contributed by atoms with E-state index in [9.17, 15) is 31.2 Å². The first-order valence-corrected chi connectivity index (χ1v) is 12.9. The highest BCUT2D eigenvalue weighted by Gasteiger charge is 2.43. The highest BCUT2D eigenvalue weighted by atomic mass is 35.5. The van der Waals surface area contributed by atoms with E-state index in [-0.39, 0.29) is 39.9 Å². The molecule has 2 aromatic carbocycles. The molecule has 4 rings (SSSR count). The normalized spacial score (nSPS) is 21.4. The Balaban J connectivity index is 1.58. The third kappa shape index (κ3) is 5.07. The van der Waals surface area contributed by atoms with Gasteiger partial charge in [-0.25, -0.2) is 21.6 Å². The van der Waals surface area contributed by atoms with Gasteiger partial charge in [-0.05, 0) is 49.1 Å². The van der Waals surface area contributed by atoms with E-state index < -0.39 is 51.5 Å². The van der Waals surface area contributed by atoms with Gasteiger partial charge < -0.3 is 10.2 Å². The lowest BCUT2D eigenvalue weighted by Crippen LogP contribution is -2.47. The van der Waals surface area contributed by atoms with Gasteiger partial charge in [-0.2, -0.15) is 0 Å². The van der Waals surface area contributed by atoms with Crippen molar-refractivity contribution in [2.24, 2.45) is 5.92 Å². The summed E-state index contributed by atoms with van der Waals surface area (Å²) in [4.78, 5) is 27.2. The molecule has 0 aromatic heterocycles. The fourth-order valence-corrected chi connectivity index (χ4v) is 5.01. The van der Waals surface area contributed by atoms with E-state index in [4.69, 9.17) is 11.6 Å². The second-order valence-corrected chi connectivity index (χ2v) is 11.1. The molecule has 2 aromatic rings. The molecule has 2 aliphatic rings. The molecule has 3 atom stereocenters. The van der Waals surface area contributed by atoms with Gasteiger partial charge in [0.2, 0.25) is 5.91 Å². The third-order valence-electron chi connectivity index (χ3n) is 6.09. The second-order valence-electron chi connectivity index (χ2n) is 8.72. The van der Waals surface area contributed by atoms with Crippen molar-refractivity contribution in [1.82, 2.24) is 10.2 Å². The number of halogens is 4. The molecule has 1 aliphatic carbocycles. The van der Waals surface area contributed by atoms with Gasteiger partial charge in [0, 0.05) is 23.8 Å². The van der Waals surface area contributed by atoms with Crippen molar-refractivity contribution >= 4 is 33.3 Å². The summed E-state index contributed by atoms with van der Waals surface area (Å²) in [5.41, 5.74) is -0.0642. The topological polar surface area (TPSA) is 83.6 Å². The van der Waals surface area contributed by atoms with Crippen LogP contribution in [0, 0.1) is 17.6 Å². The number of benzene rings is 2. The lowest BCUT2D eigenvalue weighted by Gasteiger charge is -2.27. The number of alkyl halides is 1. The maximum Gasteiger partial charge on any atom is 0.254 e. The zero-order valence-corrected chi connectivity index (χ0v) is 19.7. The number of amides is 2. The minimum Gasteiger partial charge on any atom is -0.347 e. The lowest BCUT2D eigenvalue weighted by molar-refractivity contribution is -0.125. The molecule has 0 radical (unpaired) electrons. The molecule has 182 valence electrons. The van der Waals surface area contributed by atoms with Crippen LogP contribution in [-0.4, -0.2) is 50.1 Å². The molecule has 34 heavy (non-hydrogen) atoms. The number of nitrogens with zero attached hydrogens (tertiary/aromatic N) is 1.